The van der Waals surface area contributed by atoms with Gasteiger partial charge in [-0.05, 0) is 12.0 Å². The smallest absolute Gasteiger partial charge is 0.271 e. The van der Waals surface area contributed by atoms with Crippen molar-refractivity contribution >= 4 is 16.6 Å². The lowest BCUT2D eigenvalue weighted by molar-refractivity contribution is -0.384. The summed E-state index contributed by atoms with van der Waals surface area (Å²) >= 11 is 0. The number of nitrogens with zero attached hydrogens (tertiary/aromatic N) is 2. The zero-order valence-electron chi connectivity index (χ0n) is 8.23. The molecule has 0 aliphatic carbocycles. The predicted molar refractivity (Wildman–Crippen MR) is 58.7 cm³/mol. The van der Waals surface area contributed by atoms with Gasteiger partial charge in [-0.2, -0.15) is 5.10 Å². The molecule has 80 valence electrons. The van der Waals surface area contributed by atoms with Crippen LogP contribution in [0.15, 0.2) is 18.2 Å². The van der Waals surface area contributed by atoms with E-state index in [9.17, 15) is 10.1 Å². The Hall–Kier alpha value is -2.39. The summed E-state index contributed by atoms with van der Waals surface area (Å²) < 4.78 is 0. The monoisotopic (exact) mass is 216 g/mol. The standard InChI is InChI=1S/C10H8N4O2/c11-5-1-2-9-8-4-3-7(14(15)16)6-10(8)13-12-9/h3-4,6H,5,11H2,(H,12,13). The van der Waals surface area contributed by atoms with Crippen LogP contribution in [0.3, 0.4) is 0 Å². The van der Waals surface area contributed by atoms with Crippen molar-refractivity contribution in [2.75, 3.05) is 6.54 Å². The molecule has 6 nitrogen and oxygen atoms in total. The van der Waals surface area contributed by atoms with Gasteiger partial charge in [0.2, 0.25) is 0 Å². The molecule has 2 rings (SSSR count). The first-order valence-corrected chi connectivity index (χ1v) is 4.54. The van der Waals surface area contributed by atoms with Gasteiger partial charge in [-0.3, -0.25) is 15.2 Å². The number of nitro groups is 1. The summed E-state index contributed by atoms with van der Waals surface area (Å²) in [5.74, 6) is 5.51. The van der Waals surface area contributed by atoms with Crippen LogP contribution in [-0.4, -0.2) is 21.7 Å². The van der Waals surface area contributed by atoms with E-state index in [2.05, 4.69) is 22.0 Å². The van der Waals surface area contributed by atoms with Crippen LogP contribution in [0.5, 0.6) is 0 Å². The Morgan fingerprint density at radius 2 is 2.38 bits per heavy atom. The lowest BCUT2D eigenvalue weighted by Crippen LogP contribution is -1.93. The van der Waals surface area contributed by atoms with Crippen molar-refractivity contribution in [3.63, 3.8) is 0 Å². The van der Waals surface area contributed by atoms with Crippen molar-refractivity contribution in [2.24, 2.45) is 5.73 Å². The average Bonchev–Trinajstić information content (AvgIpc) is 2.68. The number of nitrogens with two attached hydrogens (primary N) is 1. The molecule has 0 amide bonds. The van der Waals surface area contributed by atoms with Crippen molar-refractivity contribution in [3.8, 4) is 11.8 Å². The van der Waals surface area contributed by atoms with Crippen LogP contribution in [0.25, 0.3) is 10.9 Å². The molecule has 1 aromatic carbocycles. The number of H-pyrrole nitrogens is 1. The molecule has 3 N–H and O–H groups in total. The van der Waals surface area contributed by atoms with Gasteiger partial charge >= 0.3 is 0 Å². The molecule has 0 aliphatic rings. The zero-order chi connectivity index (χ0) is 11.5. The van der Waals surface area contributed by atoms with E-state index in [4.69, 9.17) is 5.73 Å². The first kappa shape index (κ1) is 10.1. The minimum absolute atomic E-state index is 0.0114. The Morgan fingerprint density at radius 3 is 3.06 bits per heavy atom. The SMILES string of the molecule is NCC#Cc1[nH]nc2cc([N+](=O)[O-])ccc12. The molecular weight excluding hydrogens is 208 g/mol. The van der Waals surface area contributed by atoms with Crippen LogP contribution in [0.4, 0.5) is 5.69 Å². The molecule has 0 fully saturated rings. The van der Waals surface area contributed by atoms with Gasteiger partial charge in [0.05, 0.1) is 11.5 Å². The van der Waals surface area contributed by atoms with Gasteiger partial charge in [0.1, 0.15) is 11.2 Å². The fraction of sp³-hybridized carbons (Fsp3) is 0.100. The van der Waals surface area contributed by atoms with Crippen molar-refractivity contribution in [3.05, 3.63) is 34.0 Å². The van der Waals surface area contributed by atoms with Crippen LogP contribution >= 0.6 is 0 Å². The molecule has 16 heavy (non-hydrogen) atoms. The lowest BCUT2D eigenvalue weighted by Gasteiger charge is -1.90. The number of aromatic nitrogens is 2. The number of fused-ring (bicyclic) bond motifs is 1. The van der Waals surface area contributed by atoms with Crippen LogP contribution in [0, 0.1) is 22.0 Å². The van der Waals surface area contributed by atoms with E-state index in [0.717, 1.165) is 5.39 Å². The Balaban J connectivity index is 2.54. The van der Waals surface area contributed by atoms with Crippen molar-refractivity contribution in [1.29, 1.82) is 0 Å². The quantitative estimate of drug-likeness (QED) is 0.418. The molecule has 0 radical (unpaired) electrons. The van der Waals surface area contributed by atoms with Gasteiger partial charge in [0, 0.05) is 17.5 Å². The minimum Gasteiger partial charge on any atom is -0.320 e. The summed E-state index contributed by atoms with van der Waals surface area (Å²) in [5.41, 5.74) is 6.41. The number of non-ortho nitro benzene ring substituents is 1. The van der Waals surface area contributed by atoms with Crippen molar-refractivity contribution in [1.82, 2.24) is 10.2 Å². The maximum absolute atomic E-state index is 10.5. The summed E-state index contributed by atoms with van der Waals surface area (Å²) in [4.78, 5) is 10.1. The number of benzene rings is 1. The highest BCUT2D eigenvalue weighted by Gasteiger charge is 2.09. The normalized spacial score (nSPS) is 9.81. The third kappa shape index (κ3) is 1.71. The number of hydrogen-bond acceptors (Lipinski definition) is 4. The van der Waals surface area contributed by atoms with Crippen molar-refractivity contribution < 1.29 is 4.92 Å². The summed E-state index contributed by atoms with van der Waals surface area (Å²) in [6.45, 7) is 0.257. The molecule has 0 aliphatic heterocycles. The van der Waals surface area contributed by atoms with E-state index in [1.54, 1.807) is 6.07 Å². The van der Waals surface area contributed by atoms with Crippen molar-refractivity contribution in [2.45, 2.75) is 0 Å². The number of rotatable bonds is 1. The first-order valence-electron chi connectivity index (χ1n) is 4.54. The van der Waals surface area contributed by atoms with E-state index in [0.29, 0.717) is 11.2 Å². The predicted octanol–water partition coefficient (Wildman–Crippen LogP) is 0.781. The van der Waals surface area contributed by atoms with E-state index in [-0.39, 0.29) is 12.2 Å². The molecule has 0 atom stereocenters. The molecule has 0 saturated carbocycles. The molecule has 1 heterocycles. The first-order chi connectivity index (χ1) is 7.72. The minimum atomic E-state index is -0.459. The lowest BCUT2D eigenvalue weighted by atomic mass is 10.2. The van der Waals surface area contributed by atoms with Gasteiger partial charge in [-0.15, -0.1) is 0 Å². The molecule has 1 aromatic heterocycles. The number of nitro benzene ring substituents is 1. The van der Waals surface area contributed by atoms with Gasteiger partial charge in [-0.25, -0.2) is 0 Å². The Morgan fingerprint density at radius 1 is 1.56 bits per heavy atom. The van der Waals surface area contributed by atoms with Gasteiger partial charge in [0.15, 0.2) is 0 Å². The topological polar surface area (TPSA) is 97.8 Å². The molecule has 0 bridgehead atoms. The highest BCUT2D eigenvalue weighted by molar-refractivity contribution is 5.85. The fourth-order valence-electron chi connectivity index (χ4n) is 1.35. The molecular formula is C10H8N4O2. The summed E-state index contributed by atoms with van der Waals surface area (Å²) in [6, 6.07) is 4.45. The Labute approximate surface area is 90.6 Å². The maximum Gasteiger partial charge on any atom is 0.271 e. The van der Waals surface area contributed by atoms with Crippen LogP contribution in [0.1, 0.15) is 5.69 Å². The van der Waals surface area contributed by atoms with E-state index in [1.165, 1.54) is 12.1 Å². The van der Waals surface area contributed by atoms with E-state index >= 15 is 0 Å². The van der Waals surface area contributed by atoms with E-state index < -0.39 is 4.92 Å². The fourth-order valence-corrected chi connectivity index (χ4v) is 1.35. The summed E-state index contributed by atoms with van der Waals surface area (Å²) in [6.07, 6.45) is 0. The summed E-state index contributed by atoms with van der Waals surface area (Å²) in [7, 11) is 0. The van der Waals surface area contributed by atoms with Crippen LogP contribution in [0.2, 0.25) is 0 Å². The van der Waals surface area contributed by atoms with Gasteiger partial charge in [-0.1, -0.05) is 5.92 Å². The average molecular weight is 216 g/mol. The maximum atomic E-state index is 10.5. The highest BCUT2D eigenvalue weighted by Crippen LogP contribution is 2.20. The second kappa shape index (κ2) is 4.00. The van der Waals surface area contributed by atoms with E-state index in [1.807, 2.05) is 0 Å². The Kier molecular flexibility index (Phi) is 2.54. The van der Waals surface area contributed by atoms with Gasteiger partial charge in [0.25, 0.3) is 5.69 Å². The summed E-state index contributed by atoms with van der Waals surface area (Å²) in [5, 5.41) is 18.0. The molecule has 0 unspecified atom stereocenters. The molecule has 2 aromatic rings. The molecule has 0 spiro atoms. The number of hydrogen-bond donors (Lipinski definition) is 2. The largest absolute Gasteiger partial charge is 0.320 e. The molecule has 0 saturated heterocycles. The molecule has 6 heteroatoms. The van der Waals surface area contributed by atoms with Gasteiger partial charge < -0.3 is 5.73 Å². The second-order valence-corrected chi connectivity index (χ2v) is 3.06. The Bertz CT molecular complexity index is 606. The zero-order valence-corrected chi connectivity index (χ0v) is 8.23. The third-order valence-electron chi connectivity index (χ3n) is 2.07. The van der Waals surface area contributed by atoms with Crippen LogP contribution in [-0.2, 0) is 0 Å². The highest BCUT2D eigenvalue weighted by atomic mass is 16.6. The second-order valence-electron chi connectivity index (χ2n) is 3.06. The number of aromatic amines is 1. The third-order valence-corrected chi connectivity index (χ3v) is 2.07. The van der Waals surface area contributed by atoms with Crippen LogP contribution < -0.4 is 5.73 Å². The number of nitrogens with one attached hydrogen (secondary N) is 1.